The second-order valence-corrected chi connectivity index (χ2v) is 6.64. The lowest BCUT2D eigenvalue weighted by atomic mass is 10.1. The van der Waals surface area contributed by atoms with Gasteiger partial charge in [-0.2, -0.15) is 13.2 Å². The smallest absolute Gasteiger partial charge is 0.475 e. The molecule has 2 fully saturated rings. The number of aliphatic carboxylic acids is 1. The van der Waals surface area contributed by atoms with Crippen molar-refractivity contribution in [1.82, 2.24) is 4.90 Å². The van der Waals surface area contributed by atoms with Gasteiger partial charge in [0.1, 0.15) is 0 Å². The van der Waals surface area contributed by atoms with Crippen molar-refractivity contribution in [2.24, 2.45) is 0 Å². The van der Waals surface area contributed by atoms with Gasteiger partial charge in [0, 0.05) is 31.1 Å². The number of methoxy groups -OCH3 is 1. The lowest BCUT2D eigenvalue weighted by Gasteiger charge is -2.38. The zero-order chi connectivity index (χ0) is 17.7. The van der Waals surface area contributed by atoms with Gasteiger partial charge in [-0.3, -0.25) is 4.90 Å². The molecule has 9 heteroatoms. The number of rotatable bonds is 3. The van der Waals surface area contributed by atoms with E-state index in [0.29, 0.717) is 12.1 Å². The van der Waals surface area contributed by atoms with E-state index in [1.165, 1.54) is 11.3 Å². The summed E-state index contributed by atoms with van der Waals surface area (Å²) in [7, 11) is 1.80. The van der Waals surface area contributed by atoms with E-state index < -0.39 is 12.1 Å². The summed E-state index contributed by atoms with van der Waals surface area (Å²) < 4.78 is 43.1. The standard InChI is InChI=1S/C13H19NO2S.C2HF3O2/c1-15-12-5-4-11-13(12)16-7-6-14(11)9-10-3-2-8-17-10;3-2(4,5)1(6)7/h2-3,8,11-13H,4-7,9H2,1H3;(H,6,7)/t11-,12+,13+;/m0./s1. The first kappa shape index (κ1) is 19.2. The molecule has 2 heterocycles. The number of halogens is 3. The first-order chi connectivity index (χ1) is 11.3. The number of morpholine rings is 1. The summed E-state index contributed by atoms with van der Waals surface area (Å²) in [6.07, 6.45) is -2.17. The zero-order valence-electron chi connectivity index (χ0n) is 13.2. The molecule has 1 saturated carbocycles. The van der Waals surface area contributed by atoms with Gasteiger partial charge in [0.15, 0.2) is 0 Å². The summed E-state index contributed by atoms with van der Waals surface area (Å²) >= 11 is 1.84. The van der Waals surface area contributed by atoms with Crippen molar-refractivity contribution in [2.45, 2.75) is 43.8 Å². The summed E-state index contributed by atoms with van der Waals surface area (Å²) in [5, 5.41) is 9.28. The van der Waals surface area contributed by atoms with Crippen LogP contribution < -0.4 is 0 Å². The second-order valence-electron chi connectivity index (χ2n) is 5.61. The van der Waals surface area contributed by atoms with E-state index in [1.807, 2.05) is 11.3 Å². The fourth-order valence-electron chi connectivity index (χ4n) is 3.04. The summed E-state index contributed by atoms with van der Waals surface area (Å²) in [6, 6.07) is 4.90. The Kier molecular flexibility index (Phi) is 6.62. The van der Waals surface area contributed by atoms with E-state index in [9.17, 15) is 13.2 Å². The number of carboxylic acid groups (broad SMARTS) is 1. The lowest BCUT2D eigenvalue weighted by molar-refractivity contribution is -0.192. The fourth-order valence-corrected chi connectivity index (χ4v) is 3.77. The summed E-state index contributed by atoms with van der Waals surface area (Å²) in [5.41, 5.74) is 0. The highest BCUT2D eigenvalue weighted by molar-refractivity contribution is 7.09. The third kappa shape index (κ3) is 4.92. The maximum Gasteiger partial charge on any atom is 0.490 e. The molecule has 0 radical (unpaired) electrons. The van der Waals surface area contributed by atoms with E-state index in [-0.39, 0.29) is 6.10 Å². The number of thiophene rings is 1. The normalized spacial score (nSPS) is 27.2. The van der Waals surface area contributed by atoms with Crippen LogP contribution in [0.4, 0.5) is 13.2 Å². The van der Waals surface area contributed by atoms with Crippen molar-refractivity contribution in [3.05, 3.63) is 22.4 Å². The van der Waals surface area contributed by atoms with E-state index in [4.69, 9.17) is 19.4 Å². The molecule has 1 aromatic rings. The molecule has 0 unspecified atom stereocenters. The Morgan fingerprint density at radius 3 is 2.75 bits per heavy atom. The zero-order valence-corrected chi connectivity index (χ0v) is 14.0. The van der Waals surface area contributed by atoms with Crippen molar-refractivity contribution in [3.63, 3.8) is 0 Å². The summed E-state index contributed by atoms with van der Waals surface area (Å²) in [5.74, 6) is -2.76. The molecule has 24 heavy (non-hydrogen) atoms. The van der Waals surface area contributed by atoms with Crippen molar-refractivity contribution in [1.29, 1.82) is 0 Å². The molecule has 1 N–H and O–H groups in total. The molecule has 2 aliphatic rings. The Morgan fingerprint density at radius 1 is 1.50 bits per heavy atom. The largest absolute Gasteiger partial charge is 0.490 e. The number of ether oxygens (including phenoxy) is 2. The molecule has 0 amide bonds. The Balaban J connectivity index is 0.000000256. The molecule has 1 aliphatic carbocycles. The minimum Gasteiger partial charge on any atom is -0.475 e. The first-order valence-corrected chi connectivity index (χ1v) is 8.42. The topological polar surface area (TPSA) is 59.0 Å². The minimum absolute atomic E-state index is 0.286. The number of carbonyl (C=O) groups is 1. The highest BCUT2D eigenvalue weighted by Gasteiger charge is 2.42. The van der Waals surface area contributed by atoms with Crippen molar-refractivity contribution in [2.75, 3.05) is 20.3 Å². The average molecular weight is 367 g/mol. The van der Waals surface area contributed by atoms with Crippen molar-refractivity contribution >= 4 is 17.3 Å². The summed E-state index contributed by atoms with van der Waals surface area (Å²) in [4.78, 5) is 12.9. The maximum absolute atomic E-state index is 10.6. The maximum atomic E-state index is 10.6. The third-order valence-corrected chi connectivity index (χ3v) is 5.00. The van der Waals surface area contributed by atoms with Crippen LogP contribution in [0.15, 0.2) is 17.5 Å². The molecule has 0 spiro atoms. The highest BCUT2D eigenvalue weighted by atomic mass is 32.1. The monoisotopic (exact) mass is 367 g/mol. The molecule has 0 bridgehead atoms. The molecule has 3 atom stereocenters. The molecular weight excluding hydrogens is 347 g/mol. The van der Waals surface area contributed by atoms with E-state index in [2.05, 4.69) is 22.4 Å². The minimum atomic E-state index is -5.08. The Labute approximate surface area is 142 Å². The van der Waals surface area contributed by atoms with Crippen molar-refractivity contribution in [3.8, 4) is 0 Å². The SMILES string of the molecule is CO[C@@H]1CC[C@H]2[C@H]1OCCN2Cc1cccs1.O=C(O)C(F)(F)F. The lowest BCUT2D eigenvalue weighted by Crippen LogP contribution is -2.50. The van der Waals surface area contributed by atoms with Gasteiger partial charge >= 0.3 is 12.1 Å². The molecule has 5 nitrogen and oxygen atoms in total. The molecule has 0 aromatic carbocycles. The van der Waals surface area contributed by atoms with Crippen LogP contribution in [0.1, 0.15) is 17.7 Å². The number of fused-ring (bicyclic) bond motifs is 1. The predicted molar refractivity (Wildman–Crippen MR) is 82.0 cm³/mol. The van der Waals surface area contributed by atoms with E-state index >= 15 is 0 Å². The number of nitrogens with zero attached hydrogens (tertiary/aromatic N) is 1. The first-order valence-electron chi connectivity index (χ1n) is 7.54. The third-order valence-electron chi connectivity index (χ3n) is 4.13. The van der Waals surface area contributed by atoms with Crippen LogP contribution in [-0.4, -0.2) is 60.7 Å². The van der Waals surface area contributed by atoms with Gasteiger partial charge in [0.05, 0.1) is 18.8 Å². The molecule has 1 aromatic heterocycles. The molecule has 3 rings (SSSR count). The van der Waals surface area contributed by atoms with Gasteiger partial charge < -0.3 is 14.6 Å². The molecular formula is C15H20F3NO4S. The quantitative estimate of drug-likeness (QED) is 0.890. The van der Waals surface area contributed by atoms with Gasteiger partial charge in [-0.1, -0.05) is 6.07 Å². The van der Waals surface area contributed by atoms with Gasteiger partial charge in [0.25, 0.3) is 0 Å². The van der Waals surface area contributed by atoms with Crippen LogP contribution in [-0.2, 0) is 20.8 Å². The Bertz CT molecular complexity index is 523. The van der Waals surface area contributed by atoms with Crippen LogP contribution in [0, 0.1) is 0 Å². The molecule has 136 valence electrons. The summed E-state index contributed by atoms with van der Waals surface area (Å²) in [6.45, 7) is 2.96. The Morgan fingerprint density at radius 2 is 2.21 bits per heavy atom. The van der Waals surface area contributed by atoms with E-state index in [1.54, 1.807) is 7.11 Å². The number of hydrogen-bond acceptors (Lipinski definition) is 5. The average Bonchev–Trinajstić information content (AvgIpc) is 3.16. The van der Waals surface area contributed by atoms with Gasteiger partial charge in [-0.05, 0) is 24.3 Å². The number of alkyl halides is 3. The highest BCUT2D eigenvalue weighted by Crippen LogP contribution is 2.32. The van der Waals surface area contributed by atoms with Gasteiger partial charge in [-0.15, -0.1) is 11.3 Å². The predicted octanol–water partition coefficient (Wildman–Crippen LogP) is 2.76. The van der Waals surface area contributed by atoms with E-state index in [0.717, 1.165) is 26.1 Å². The van der Waals surface area contributed by atoms with Gasteiger partial charge in [-0.25, -0.2) is 4.79 Å². The second kappa shape index (κ2) is 8.28. The molecule has 1 aliphatic heterocycles. The molecule has 1 saturated heterocycles. The van der Waals surface area contributed by atoms with Gasteiger partial charge in [0.2, 0.25) is 0 Å². The van der Waals surface area contributed by atoms with Crippen LogP contribution in [0.5, 0.6) is 0 Å². The van der Waals surface area contributed by atoms with Crippen molar-refractivity contribution < 1.29 is 32.5 Å². The number of hydrogen-bond donors (Lipinski definition) is 1. The number of carboxylic acids is 1. The fraction of sp³-hybridized carbons (Fsp3) is 0.667. The Hall–Kier alpha value is -1.16. The van der Waals surface area contributed by atoms with Crippen LogP contribution in [0.2, 0.25) is 0 Å². The van der Waals surface area contributed by atoms with Crippen LogP contribution in [0.3, 0.4) is 0 Å². The van der Waals surface area contributed by atoms with Crippen LogP contribution >= 0.6 is 11.3 Å². The van der Waals surface area contributed by atoms with Crippen LogP contribution in [0.25, 0.3) is 0 Å².